The lowest BCUT2D eigenvalue weighted by Crippen LogP contribution is -2.29. The highest BCUT2D eigenvalue weighted by Crippen LogP contribution is 2.26. The fourth-order valence-corrected chi connectivity index (χ4v) is 2.47. The Bertz CT molecular complexity index is 890. The van der Waals surface area contributed by atoms with Crippen LogP contribution in [-0.4, -0.2) is 24.8 Å². The third-order valence-electron chi connectivity index (χ3n) is 3.24. The lowest BCUT2D eigenvalue weighted by molar-refractivity contribution is -0.274. The molecule has 5 nitrogen and oxygen atoms in total. The second kappa shape index (κ2) is 9.11. The van der Waals surface area contributed by atoms with Crippen molar-refractivity contribution in [3.05, 3.63) is 63.4 Å². The molecule has 2 aromatic rings. The minimum absolute atomic E-state index is 0.0577. The summed E-state index contributed by atoms with van der Waals surface area (Å²) in [7, 11) is 0. The molecule has 0 radical (unpaired) electrons. The van der Waals surface area contributed by atoms with Gasteiger partial charge in [0.05, 0.1) is 15.6 Å². The molecular weight excluding hydrogens is 429 g/mol. The SMILES string of the molecule is O=C(COC(=O)c1cc(F)c(Cl)cc1Cl)NCc1ccccc1OC(F)(F)F. The molecule has 0 saturated heterocycles. The van der Waals surface area contributed by atoms with Crippen LogP contribution >= 0.6 is 23.2 Å². The summed E-state index contributed by atoms with van der Waals surface area (Å²) in [6.07, 6.45) is -4.89. The van der Waals surface area contributed by atoms with E-state index >= 15 is 0 Å². The minimum Gasteiger partial charge on any atom is -0.452 e. The number of ether oxygens (including phenoxy) is 2. The van der Waals surface area contributed by atoms with Crippen LogP contribution in [0.2, 0.25) is 10.0 Å². The number of para-hydroxylation sites is 1. The lowest BCUT2D eigenvalue weighted by atomic mass is 10.2. The van der Waals surface area contributed by atoms with E-state index in [0.717, 1.165) is 18.2 Å². The van der Waals surface area contributed by atoms with Crippen molar-refractivity contribution in [2.45, 2.75) is 12.9 Å². The first-order valence-electron chi connectivity index (χ1n) is 7.49. The molecule has 0 aliphatic heterocycles. The smallest absolute Gasteiger partial charge is 0.452 e. The molecule has 0 spiro atoms. The van der Waals surface area contributed by atoms with E-state index in [2.05, 4.69) is 10.1 Å². The van der Waals surface area contributed by atoms with E-state index in [0.29, 0.717) is 0 Å². The average Bonchev–Trinajstić information content (AvgIpc) is 2.60. The molecule has 2 rings (SSSR count). The van der Waals surface area contributed by atoms with Gasteiger partial charge in [-0.2, -0.15) is 0 Å². The van der Waals surface area contributed by atoms with Crippen LogP contribution in [0.15, 0.2) is 36.4 Å². The van der Waals surface area contributed by atoms with Gasteiger partial charge in [0.15, 0.2) is 6.61 Å². The van der Waals surface area contributed by atoms with Crippen LogP contribution in [0.4, 0.5) is 17.6 Å². The summed E-state index contributed by atoms with van der Waals surface area (Å²) in [6.45, 7) is -1.07. The third-order valence-corrected chi connectivity index (χ3v) is 3.84. The summed E-state index contributed by atoms with van der Waals surface area (Å²) in [5, 5.41) is 1.81. The van der Waals surface area contributed by atoms with Crippen LogP contribution in [0.5, 0.6) is 5.75 Å². The molecule has 0 heterocycles. The number of carbonyl (C=O) groups excluding carboxylic acids is 2. The number of hydrogen-bond donors (Lipinski definition) is 1. The first-order chi connectivity index (χ1) is 13.1. The van der Waals surface area contributed by atoms with Gasteiger partial charge in [0.25, 0.3) is 5.91 Å². The van der Waals surface area contributed by atoms with Crippen LogP contribution in [-0.2, 0) is 16.1 Å². The number of carbonyl (C=O) groups is 2. The van der Waals surface area contributed by atoms with Crippen LogP contribution in [0.1, 0.15) is 15.9 Å². The van der Waals surface area contributed by atoms with Gasteiger partial charge >= 0.3 is 12.3 Å². The number of halogens is 6. The Morgan fingerprint density at radius 3 is 2.43 bits per heavy atom. The molecule has 150 valence electrons. The van der Waals surface area contributed by atoms with Gasteiger partial charge in [0.1, 0.15) is 11.6 Å². The maximum atomic E-state index is 13.4. The van der Waals surface area contributed by atoms with Crippen LogP contribution in [0.25, 0.3) is 0 Å². The summed E-state index contributed by atoms with van der Waals surface area (Å²) < 4.78 is 59.1. The highest BCUT2D eigenvalue weighted by atomic mass is 35.5. The normalized spacial score (nSPS) is 11.1. The van der Waals surface area contributed by atoms with Crippen LogP contribution in [0.3, 0.4) is 0 Å². The molecule has 0 aliphatic carbocycles. The van der Waals surface area contributed by atoms with E-state index in [9.17, 15) is 27.2 Å². The highest BCUT2D eigenvalue weighted by Gasteiger charge is 2.32. The van der Waals surface area contributed by atoms with Gasteiger partial charge in [-0.05, 0) is 18.2 Å². The summed E-state index contributed by atoms with van der Waals surface area (Å²) in [6, 6.07) is 6.98. The fraction of sp³-hybridized carbons (Fsp3) is 0.176. The zero-order valence-electron chi connectivity index (χ0n) is 13.8. The van der Waals surface area contributed by atoms with E-state index in [1.807, 2.05) is 0 Å². The van der Waals surface area contributed by atoms with E-state index in [1.54, 1.807) is 0 Å². The van der Waals surface area contributed by atoms with E-state index in [1.165, 1.54) is 18.2 Å². The Morgan fingerprint density at radius 1 is 1.07 bits per heavy atom. The van der Waals surface area contributed by atoms with E-state index in [-0.39, 0.29) is 27.7 Å². The fourth-order valence-electron chi connectivity index (χ4n) is 2.01. The van der Waals surface area contributed by atoms with Gasteiger partial charge in [0, 0.05) is 12.1 Å². The number of benzene rings is 2. The Labute approximate surface area is 166 Å². The second-order valence-electron chi connectivity index (χ2n) is 5.25. The highest BCUT2D eigenvalue weighted by molar-refractivity contribution is 6.36. The molecule has 0 aromatic heterocycles. The Balaban J connectivity index is 1.92. The van der Waals surface area contributed by atoms with E-state index in [4.69, 9.17) is 27.9 Å². The molecule has 0 aliphatic rings. The molecule has 1 N–H and O–H groups in total. The maximum absolute atomic E-state index is 13.4. The van der Waals surface area contributed by atoms with Crippen molar-refractivity contribution in [3.63, 3.8) is 0 Å². The van der Waals surface area contributed by atoms with Crippen molar-refractivity contribution in [1.29, 1.82) is 0 Å². The molecule has 0 atom stereocenters. The number of alkyl halides is 3. The molecule has 2 aromatic carbocycles. The number of nitrogens with one attached hydrogen (secondary N) is 1. The molecule has 0 bridgehead atoms. The molecule has 28 heavy (non-hydrogen) atoms. The summed E-state index contributed by atoms with van der Waals surface area (Å²) in [5.74, 6) is -3.25. The lowest BCUT2D eigenvalue weighted by Gasteiger charge is -2.13. The summed E-state index contributed by atoms with van der Waals surface area (Å²) >= 11 is 11.3. The van der Waals surface area contributed by atoms with Gasteiger partial charge in [-0.1, -0.05) is 41.4 Å². The van der Waals surface area contributed by atoms with Gasteiger partial charge in [-0.3, -0.25) is 4.79 Å². The first-order valence-corrected chi connectivity index (χ1v) is 8.24. The molecule has 0 unspecified atom stereocenters. The van der Waals surface area contributed by atoms with Gasteiger partial charge in [0.2, 0.25) is 0 Å². The zero-order valence-corrected chi connectivity index (χ0v) is 15.3. The van der Waals surface area contributed by atoms with Gasteiger partial charge in [-0.15, -0.1) is 13.2 Å². The second-order valence-corrected chi connectivity index (χ2v) is 6.07. The summed E-state index contributed by atoms with van der Waals surface area (Å²) in [5.41, 5.74) is -0.275. The maximum Gasteiger partial charge on any atom is 0.573 e. The van der Waals surface area contributed by atoms with Crippen molar-refractivity contribution in [2.75, 3.05) is 6.61 Å². The number of hydrogen-bond acceptors (Lipinski definition) is 4. The monoisotopic (exact) mass is 439 g/mol. The predicted molar refractivity (Wildman–Crippen MR) is 91.7 cm³/mol. The summed E-state index contributed by atoms with van der Waals surface area (Å²) in [4.78, 5) is 23.7. The van der Waals surface area contributed by atoms with Crippen molar-refractivity contribution < 1.29 is 36.6 Å². The van der Waals surface area contributed by atoms with Gasteiger partial charge in [-0.25, -0.2) is 9.18 Å². The van der Waals surface area contributed by atoms with E-state index < -0.39 is 36.4 Å². The quantitative estimate of drug-likeness (QED) is 0.408. The topological polar surface area (TPSA) is 64.6 Å². The Hall–Kier alpha value is -2.52. The largest absolute Gasteiger partial charge is 0.573 e. The third kappa shape index (κ3) is 6.28. The minimum atomic E-state index is -4.89. The zero-order chi connectivity index (χ0) is 20.9. The standard InChI is InChI=1S/C17H11Cl2F4NO4/c18-11-6-12(19)13(20)5-10(11)16(26)27-8-15(25)24-7-9-3-1-2-4-14(9)28-17(21,22)23/h1-6H,7-8H2,(H,24,25). The Morgan fingerprint density at radius 2 is 1.75 bits per heavy atom. The molecule has 11 heteroatoms. The average molecular weight is 440 g/mol. The predicted octanol–water partition coefficient (Wildman–Crippen LogP) is 4.50. The van der Waals surface area contributed by atoms with Crippen LogP contribution < -0.4 is 10.1 Å². The van der Waals surface area contributed by atoms with Crippen molar-refractivity contribution in [1.82, 2.24) is 5.32 Å². The van der Waals surface area contributed by atoms with Gasteiger partial charge < -0.3 is 14.8 Å². The number of rotatable bonds is 6. The number of esters is 1. The first kappa shape index (κ1) is 21.8. The Kier molecular flexibility index (Phi) is 7.09. The molecule has 0 fully saturated rings. The molecule has 0 saturated carbocycles. The van der Waals surface area contributed by atoms with Crippen molar-refractivity contribution >= 4 is 35.1 Å². The van der Waals surface area contributed by atoms with Crippen molar-refractivity contribution in [3.8, 4) is 5.75 Å². The number of amides is 1. The molecule has 1 amide bonds. The molecular formula is C17H11Cl2F4NO4. The van der Waals surface area contributed by atoms with Crippen molar-refractivity contribution in [2.24, 2.45) is 0 Å². The van der Waals surface area contributed by atoms with Crippen LogP contribution in [0, 0.1) is 5.82 Å².